The zero-order valence-corrected chi connectivity index (χ0v) is 17.6. The molecule has 1 amide bonds. The molecule has 0 aliphatic heterocycles. The van der Waals surface area contributed by atoms with Crippen molar-refractivity contribution in [3.05, 3.63) is 53.6 Å². The van der Waals surface area contributed by atoms with E-state index in [0.29, 0.717) is 41.2 Å². The lowest BCUT2D eigenvalue weighted by molar-refractivity contribution is 0.0942. The van der Waals surface area contributed by atoms with Crippen LogP contribution in [0.3, 0.4) is 0 Å². The minimum Gasteiger partial charge on any atom is -0.493 e. The van der Waals surface area contributed by atoms with Crippen LogP contribution >= 0.6 is 0 Å². The number of carbonyl (C=O) groups is 1. The third-order valence-electron chi connectivity index (χ3n) is 5.88. The van der Waals surface area contributed by atoms with Crippen LogP contribution in [0.4, 0.5) is 0 Å². The Hall–Kier alpha value is -2.69. The van der Waals surface area contributed by atoms with Gasteiger partial charge >= 0.3 is 0 Å². The van der Waals surface area contributed by atoms with E-state index < -0.39 is 0 Å². The smallest absolute Gasteiger partial charge is 0.255 e. The summed E-state index contributed by atoms with van der Waals surface area (Å²) in [4.78, 5) is 13.0. The molecule has 1 unspecified atom stereocenters. The summed E-state index contributed by atoms with van der Waals surface area (Å²) in [5, 5.41) is 3.14. The molecule has 1 N–H and O–H groups in total. The van der Waals surface area contributed by atoms with Gasteiger partial charge in [0.05, 0.1) is 26.9 Å². The lowest BCUT2D eigenvalue weighted by atomic mass is 9.76. The molecule has 156 valence electrons. The van der Waals surface area contributed by atoms with Crippen molar-refractivity contribution in [3.63, 3.8) is 0 Å². The van der Waals surface area contributed by atoms with Crippen LogP contribution < -0.4 is 19.5 Å². The largest absolute Gasteiger partial charge is 0.493 e. The number of nitrogens with one attached hydrogen (secondary N) is 1. The molecule has 2 aromatic rings. The number of carbonyl (C=O) groups excluding carboxylic acids is 1. The highest BCUT2D eigenvalue weighted by molar-refractivity contribution is 5.98. The Kier molecular flexibility index (Phi) is 7.39. The molecule has 1 aliphatic rings. The van der Waals surface area contributed by atoms with Crippen LogP contribution in [0.2, 0.25) is 0 Å². The molecule has 0 saturated heterocycles. The zero-order valence-electron chi connectivity index (χ0n) is 17.6. The molecule has 1 fully saturated rings. The SMILES string of the molecule is COc1ccc(C(=O)NCC(c2ccccc2)C2CCCCC2)c(OC)c1OC. The van der Waals surface area contributed by atoms with Gasteiger partial charge in [-0.15, -0.1) is 0 Å². The highest BCUT2D eigenvalue weighted by Crippen LogP contribution is 2.40. The van der Waals surface area contributed by atoms with Gasteiger partial charge in [0.25, 0.3) is 5.91 Å². The van der Waals surface area contributed by atoms with Gasteiger partial charge in [-0.05, 0) is 36.5 Å². The Bertz CT molecular complexity index is 800. The van der Waals surface area contributed by atoms with Gasteiger partial charge in [-0.3, -0.25) is 4.79 Å². The Labute approximate surface area is 173 Å². The maximum Gasteiger partial charge on any atom is 0.255 e. The molecule has 5 heteroatoms. The van der Waals surface area contributed by atoms with Crippen molar-refractivity contribution in [2.75, 3.05) is 27.9 Å². The van der Waals surface area contributed by atoms with Gasteiger partial charge in [-0.25, -0.2) is 0 Å². The molecule has 3 rings (SSSR count). The highest BCUT2D eigenvalue weighted by atomic mass is 16.5. The highest BCUT2D eigenvalue weighted by Gasteiger charge is 2.27. The van der Waals surface area contributed by atoms with Gasteiger partial charge < -0.3 is 19.5 Å². The van der Waals surface area contributed by atoms with Gasteiger partial charge in [0, 0.05) is 12.5 Å². The van der Waals surface area contributed by atoms with E-state index in [1.54, 1.807) is 19.2 Å². The van der Waals surface area contributed by atoms with Crippen LogP contribution in [0.1, 0.15) is 53.9 Å². The number of ether oxygens (including phenoxy) is 3. The van der Waals surface area contributed by atoms with E-state index in [9.17, 15) is 4.79 Å². The summed E-state index contributed by atoms with van der Waals surface area (Å²) < 4.78 is 16.2. The summed E-state index contributed by atoms with van der Waals surface area (Å²) in [6.07, 6.45) is 6.29. The van der Waals surface area contributed by atoms with Gasteiger partial charge in [0.2, 0.25) is 5.75 Å². The molecule has 0 bridgehead atoms. The van der Waals surface area contributed by atoms with E-state index in [0.717, 1.165) is 0 Å². The summed E-state index contributed by atoms with van der Waals surface area (Å²) in [5.41, 5.74) is 1.74. The maximum absolute atomic E-state index is 13.0. The van der Waals surface area contributed by atoms with Crippen LogP contribution in [0.5, 0.6) is 17.2 Å². The molecule has 0 aromatic heterocycles. The summed E-state index contributed by atoms with van der Waals surface area (Å²) in [6.45, 7) is 0.602. The van der Waals surface area contributed by atoms with E-state index >= 15 is 0 Å². The Morgan fingerprint density at radius 1 is 0.931 bits per heavy atom. The molecule has 0 spiro atoms. The normalized spacial score (nSPS) is 15.4. The lowest BCUT2D eigenvalue weighted by Gasteiger charge is -2.31. The molecule has 29 heavy (non-hydrogen) atoms. The van der Waals surface area contributed by atoms with E-state index in [1.807, 2.05) is 6.07 Å². The minimum absolute atomic E-state index is 0.167. The summed E-state index contributed by atoms with van der Waals surface area (Å²) >= 11 is 0. The summed E-state index contributed by atoms with van der Waals surface area (Å²) in [6, 6.07) is 14.0. The molecule has 2 aromatic carbocycles. The van der Waals surface area contributed by atoms with E-state index in [-0.39, 0.29) is 5.91 Å². The second kappa shape index (κ2) is 10.2. The predicted octanol–water partition coefficient (Wildman–Crippen LogP) is 4.81. The molecular weight excluding hydrogens is 366 g/mol. The first kappa shape index (κ1) is 21.0. The van der Waals surface area contributed by atoms with Crippen molar-refractivity contribution in [2.24, 2.45) is 5.92 Å². The van der Waals surface area contributed by atoms with Crippen molar-refractivity contribution in [1.29, 1.82) is 0 Å². The molecule has 1 saturated carbocycles. The Morgan fingerprint density at radius 2 is 1.62 bits per heavy atom. The monoisotopic (exact) mass is 397 g/mol. The average molecular weight is 398 g/mol. The van der Waals surface area contributed by atoms with Crippen molar-refractivity contribution in [2.45, 2.75) is 38.0 Å². The fraction of sp³-hybridized carbons (Fsp3) is 0.458. The van der Waals surface area contributed by atoms with E-state index in [1.165, 1.54) is 51.9 Å². The maximum atomic E-state index is 13.0. The first-order valence-corrected chi connectivity index (χ1v) is 10.3. The molecule has 1 aliphatic carbocycles. The minimum atomic E-state index is -0.167. The average Bonchev–Trinajstić information content (AvgIpc) is 2.79. The second-order valence-corrected chi connectivity index (χ2v) is 7.51. The lowest BCUT2D eigenvalue weighted by Crippen LogP contribution is -2.32. The topological polar surface area (TPSA) is 56.8 Å². The second-order valence-electron chi connectivity index (χ2n) is 7.51. The third-order valence-corrected chi connectivity index (χ3v) is 5.88. The standard InChI is InChI=1S/C24H31NO4/c1-27-21-15-14-19(22(28-2)23(21)29-3)24(26)25-16-20(17-10-6-4-7-11-17)18-12-8-5-9-13-18/h4,6-7,10-11,14-15,18,20H,5,8-9,12-13,16H2,1-3H3,(H,25,26). The van der Waals surface area contributed by atoms with Crippen LogP contribution in [0, 0.1) is 5.92 Å². The zero-order chi connectivity index (χ0) is 20.6. The van der Waals surface area contributed by atoms with E-state index in [4.69, 9.17) is 14.2 Å². The van der Waals surface area contributed by atoms with Gasteiger partial charge in [-0.2, -0.15) is 0 Å². The van der Waals surface area contributed by atoms with Crippen LogP contribution in [-0.4, -0.2) is 33.8 Å². The van der Waals surface area contributed by atoms with Crippen LogP contribution in [-0.2, 0) is 0 Å². The van der Waals surface area contributed by atoms with Crippen molar-refractivity contribution in [3.8, 4) is 17.2 Å². The number of rotatable bonds is 8. The molecule has 0 heterocycles. The molecule has 5 nitrogen and oxygen atoms in total. The molecule has 0 radical (unpaired) electrons. The fourth-order valence-corrected chi connectivity index (χ4v) is 4.37. The number of methoxy groups -OCH3 is 3. The van der Waals surface area contributed by atoms with Gasteiger partial charge in [0.1, 0.15) is 0 Å². The van der Waals surface area contributed by atoms with Gasteiger partial charge in [0.15, 0.2) is 11.5 Å². The van der Waals surface area contributed by atoms with E-state index in [2.05, 4.69) is 29.6 Å². The molecular formula is C24H31NO4. The number of amides is 1. The summed E-state index contributed by atoms with van der Waals surface area (Å²) in [5.74, 6) is 2.09. The first-order valence-electron chi connectivity index (χ1n) is 10.3. The number of hydrogen-bond acceptors (Lipinski definition) is 4. The van der Waals surface area contributed by atoms with Crippen molar-refractivity contribution >= 4 is 5.91 Å². The number of benzene rings is 2. The quantitative estimate of drug-likeness (QED) is 0.695. The number of hydrogen-bond donors (Lipinski definition) is 1. The van der Waals surface area contributed by atoms with Crippen LogP contribution in [0.15, 0.2) is 42.5 Å². The Balaban J connectivity index is 1.80. The first-order chi connectivity index (χ1) is 14.2. The third kappa shape index (κ3) is 4.84. The predicted molar refractivity (Wildman–Crippen MR) is 114 cm³/mol. The summed E-state index contributed by atoms with van der Waals surface area (Å²) in [7, 11) is 4.63. The van der Waals surface area contributed by atoms with Crippen LogP contribution in [0.25, 0.3) is 0 Å². The fourth-order valence-electron chi connectivity index (χ4n) is 4.37. The Morgan fingerprint density at radius 3 is 2.24 bits per heavy atom. The van der Waals surface area contributed by atoms with Crippen molar-refractivity contribution < 1.29 is 19.0 Å². The molecule has 1 atom stereocenters. The van der Waals surface area contributed by atoms with Crippen molar-refractivity contribution in [1.82, 2.24) is 5.32 Å². The van der Waals surface area contributed by atoms with Gasteiger partial charge in [-0.1, -0.05) is 49.6 Å².